The molecule has 0 heterocycles. The van der Waals surface area contributed by atoms with Crippen molar-refractivity contribution < 1.29 is 12.8 Å². The maximum Gasteiger partial charge on any atom is 0.175 e. The van der Waals surface area contributed by atoms with Gasteiger partial charge in [0, 0.05) is 11.9 Å². The topological polar surface area (TPSA) is 58.2 Å². The third-order valence-electron chi connectivity index (χ3n) is 3.26. The zero-order valence-corrected chi connectivity index (χ0v) is 14.3. The van der Waals surface area contributed by atoms with Crippen LogP contribution in [0.3, 0.4) is 0 Å². The molecule has 4 nitrogen and oxygen atoms in total. The van der Waals surface area contributed by atoms with E-state index in [4.69, 9.17) is 12.2 Å². The molecule has 122 valence electrons. The Kier molecular flexibility index (Phi) is 5.33. The molecule has 0 unspecified atom stereocenters. The fourth-order valence-corrected chi connectivity index (χ4v) is 2.91. The molecular formula is C16H17FN2O2S2. The number of nitrogens with one attached hydrogen (secondary N) is 2. The van der Waals surface area contributed by atoms with E-state index >= 15 is 0 Å². The number of hydrogen-bond acceptors (Lipinski definition) is 3. The normalized spacial score (nSPS) is 12.5. The summed E-state index contributed by atoms with van der Waals surface area (Å²) in [4.78, 5) is 0.278. The standard InChI is InChI=1S/C16H17FN2O2S2/c1-11(12-3-9-15(10-4-12)23(2,20)21)18-16(22)19-14-7-5-13(17)6-8-14/h3-11H,1-2H3,(H2,18,19,22)/t11-/m0/s1. The molecule has 0 fully saturated rings. The van der Waals surface area contributed by atoms with Crippen LogP contribution in [-0.4, -0.2) is 19.8 Å². The monoisotopic (exact) mass is 352 g/mol. The van der Waals surface area contributed by atoms with Crippen molar-refractivity contribution in [1.82, 2.24) is 5.32 Å². The molecule has 23 heavy (non-hydrogen) atoms. The second kappa shape index (κ2) is 7.06. The van der Waals surface area contributed by atoms with Crippen LogP contribution in [0.25, 0.3) is 0 Å². The first-order valence-corrected chi connectivity index (χ1v) is 9.19. The summed E-state index contributed by atoms with van der Waals surface area (Å²) in [6.07, 6.45) is 1.17. The zero-order valence-electron chi connectivity index (χ0n) is 12.7. The molecule has 7 heteroatoms. The van der Waals surface area contributed by atoms with Crippen LogP contribution >= 0.6 is 12.2 Å². The smallest absolute Gasteiger partial charge is 0.175 e. The van der Waals surface area contributed by atoms with Gasteiger partial charge in [0.25, 0.3) is 0 Å². The van der Waals surface area contributed by atoms with E-state index in [1.54, 1.807) is 36.4 Å². The van der Waals surface area contributed by atoms with Gasteiger partial charge >= 0.3 is 0 Å². The van der Waals surface area contributed by atoms with Crippen molar-refractivity contribution in [3.63, 3.8) is 0 Å². The van der Waals surface area contributed by atoms with Gasteiger partial charge in [-0.05, 0) is 61.1 Å². The Bertz CT molecular complexity index is 788. The van der Waals surface area contributed by atoms with E-state index in [-0.39, 0.29) is 16.8 Å². The molecule has 0 aromatic heterocycles. The van der Waals surface area contributed by atoms with Gasteiger partial charge in [0.15, 0.2) is 14.9 Å². The molecule has 2 aromatic carbocycles. The zero-order chi connectivity index (χ0) is 17.0. The number of rotatable bonds is 4. The second-order valence-corrected chi connectivity index (χ2v) is 7.59. The molecule has 2 aromatic rings. The molecule has 1 atom stereocenters. The van der Waals surface area contributed by atoms with Crippen molar-refractivity contribution in [3.05, 3.63) is 59.9 Å². The molecule has 2 rings (SSSR count). The van der Waals surface area contributed by atoms with Gasteiger partial charge in [0.1, 0.15) is 5.82 Å². The Morgan fingerprint density at radius 3 is 2.17 bits per heavy atom. The number of sulfone groups is 1. The highest BCUT2D eigenvalue weighted by atomic mass is 32.2. The highest BCUT2D eigenvalue weighted by Crippen LogP contribution is 2.16. The fourth-order valence-electron chi connectivity index (χ4n) is 1.98. The Morgan fingerprint density at radius 1 is 1.09 bits per heavy atom. The fraction of sp³-hybridized carbons (Fsp3) is 0.188. The molecule has 0 bridgehead atoms. The highest BCUT2D eigenvalue weighted by molar-refractivity contribution is 7.90. The van der Waals surface area contributed by atoms with Gasteiger partial charge in [0.2, 0.25) is 0 Å². The Labute approximate surface area is 140 Å². The number of anilines is 1. The van der Waals surface area contributed by atoms with E-state index in [1.807, 2.05) is 6.92 Å². The van der Waals surface area contributed by atoms with Crippen LogP contribution in [0.5, 0.6) is 0 Å². The largest absolute Gasteiger partial charge is 0.356 e. The third kappa shape index (κ3) is 5.01. The van der Waals surface area contributed by atoms with Gasteiger partial charge in [-0.2, -0.15) is 0 Å². The number of halogens is 1. The summed E-state index contributed by atoms with van der Waals surface area (Å²) in [6.45, 7) is 1.91. The van der Waals surface area contributed by atoms with Gasteiger partial charge in [-0.25, -0.2) is 12.8 Å². The van der Waals surface area contributed by atoms with E-state index in [0.29, 0.717) is 10.8 Å². The first-order valence-electron chi connectivity index (χ1n) is 6.89. The number of thiocarbonyl (C=S) groups is 1. The van der Waals surface area contributed by atoms with Gasteiger partial charge < -0.3 is 10.6 Å². The van der Waals surface area contributed by atoms with Crippen molar-refractivity contribution in [2.75, 3.05) is 11.6 Å². The molecule has 0 radical (unpaired) electrons. The molecule has 0 aliphatic heterocycles. The lowest BCUT2D eigenvalue weighted by Gasteiger charge is -2.17. The molecule has 0 saturated heterocycles. The molecular weight excluding hydrogens is 335 g/mol. The minimum absolute atomic E-state index is 0.107. The Hall–Kier alpha value is -1.99. The van der Waals surface area contributed by atoms with Crippen LogP contribution in [0.2, 0.25) is 0 Å². The van der Waals surface area contributed by atoms with Gasteiger partial charge in [0.05, 0.1) is 10.9 Å². The van der Waals surface area contributed by atoms with Crippen LogP contribution < -0.4 is 10.6 Å². The summed E-state index contributed by atoms with van der Waals surface area (Å²) in [5, 5.41) is 6.46. The number of benzene rings is 2. The molecule has 0 aliphatic rings. The Morgan fingerprint density at radius 2 is 1.65 bits per heavy atom. The predicted molar refractivity (Wildman–Crippen MR) is 93.7 cm³/mol. The van der Waals surface area contributed by atoms with Gasteiger partial charge in [-0.3, -0.25) is 0 Å². The summed E-state index contributed by atoms with van der Waals surface area (Å²) in [7, 11) is -3.20. The molecule has 0 saturated carbocycles. The lowest BCUT2D eigenvalue weighted by atomic mass is 10.1. The van der Waals surface area contributed by atoms with E-state index in [0.717, 1.165) is 5.56 Å². The lowest BCUT2D eigenvalue weighted by molar-refractivity contribution is 0.601. The summed E-state index contributed by atoms with van der Waals surface area (Å²) >= 11 is 5.22. The summed E-state index contributed by atoms with van der Waals surface area (Å²) in [5.41, 5.74) is 1.59. The lowest BCUT2D eigenvalue weighted by Crippen LogP contribution is -2.30. The summed E-state index contributed by atoms with van der Waals surface area (Å²) < 4.78 is 35.7. The minimum Gasteiger partial charge on any atom is -0.356 e. The van der Waals surface area contributed by atoms with Crippen LogP contribution in [0.4, 0.5) is 10.1 Å². The van der Waals surface area contributed by atoms with Crippen LogP contribution in [0.1, 0.15) is 18.5 Å². The van der Waals surface area contributed by atoms with E-state index < -0.39 is 9.84 Å². The van der Waals surface area contributed by atoms with Crippen molar-refractivity contribution in [2.45, 2.75) is 17.9 Å². The van der Waals surface area contributed by atoms with Crippen molar-refractivity contribution in [1.29, 1.82) is 0 Å². The first kappa shape index (κ1) is 17.4. The first-order chi connectivity index (χ1) is 10.8. The van der Waals surface area contributed by atoms with E-state index in [9.17, 15) is 12.8 Å². The SMILES string of the molecule is C[C@H](NC(=S)Nc1ccc(F)cc1)c1ccc(S(C)(=O)=O)cc1. The van der Waals surface area contributed by atoms with E-state index in [1.165, 1.54) is 18.4 Å². The minimum atomic E-state index is -3.20. The van der Waals surface area contributed by atoms with Crippen molar-refractivity contribution >= 4 is 32.9 Å². The molecule has 2 N–H and O–H groups in total. The second-order valence-electron chi connectivity index (χ2n) is 5.17. The quantitative estimate of drug-likeness (QED) is 0.827. The van der Waals surface area contributed by atoms with Crippen LogP contribution in [0.15, 0.2) is 53.4 Å². The number of hydrogen-bond donors (Lipinski definition) is 2. The summed E-state index contributed by atoms with van der Waals surface area (Å²) in [5.74, 6) is -0.311. The third-order valence-corrected chi connectivity index (χ3v) is 4.61. The van der Waals surface area contributed by atoms with Gasteiger partial charge in [-0.1, -0.05) is 12.1 Å². The van der Waals surface area contributed by atoms with Crippen molar-refractivity contribution in [3.8, 4) is 0 Å². The molecule has 0 spiro atoms. The highest BCUT2D eigenvalue weighted by Gasteiger charge is 2.10. The van der Waals surface area contributed by atoms with E-state index in [2.05, 4.69) is 10.6 Å². The Balaban J connectivity index is 1.99. The average Bonchev–Trinajstić information content (AvgIpc) is 2.49. The molecule has 0 aliphatic carbocycles. The maximum atomic E-state index is 12.9. The van der Waals surface area contributed by atoms with Crippen LogP contribution in [0, 0.1) is 5.82 Å². The molecule has 0 amide bonds. The average molecular weight is 352 g/mol. The predicted octanol–water partition coefficient (Wildman–Crippen LogP) is 3.28. The van der Waals surface area contributed by atoms with Gasteiger partial charge in [-0.15, -0.1) is 0 Å². The van der Waals surface area contributed by atoms with Crippen molar-refractivity contribution in [2.24, 2.45) is 0 Å². The van der Waals surface area contributed by atoms with Crippen LogP contribution in [-0.2, 0) is 9.84 Å². The summed E-state index contributed by atoms with van der Waals surface area (Å²) in [6, 6.07) is 12.4. The maximum absolute atomic E-state index is 12.9.